The Morgan fingerprint density at radius 2 is 1.90 bits per heavy atom. The van der Waals surface area contributed by atoms with Crippen LogP contribution in [0.1, 0.15) is 11.1 Å². The molecule has 1 heterocycles. The molecule has 0 unspecified atom stereocenters. The monoisotopic (exact) mass is 274 g/mol. The van der Waals surface area contributed by atoms with E-state index in [2.05, 4.69) is 10.3 Å². The molecule has 0 spiro atoms. The van der Waals surface area contributed by atoms with Gasteiger partial charge in [-0.3, -0.25) is 4.79 Å². The van der Waals surface area contributed by atoms with E-state index in [0.717, 1.165) is 29.8 Å². The van der Waals surface area contributed by atoms with E-state index in [1.165, 1.54) is 6.07 Å². The van der Waals surface area contributed by atoms with Crippen molar-refractivity contribution in [3.8, 4) is 0 Å². The van der Waals surface area contributed by atoms with Crippen molar-refractivity contribution in [1.82, 2.24) is 4.98 Å². The average Bonchev–Trinajstić information content (AvgIpc) is 2.41. The highest BCUT2D eigenvalue weighted by atomic mass is 19.1. The van der Waals surface area contributed by atoms with Gasteiger partial charge >= 0.3 is 0 Å². The molecule has 2 aromatic rings. The zero-order chi connectivity index (χ0) is 14.5. The maximum Gasteiger partial charge on any atom is 0.249 e. The van der Waals surface area contributed by atoms with Gasteiger partial charge in [-0.2, -0.15) is 0 Å². The molecular weight excluding hydrogens is 262 g/mol. The van der Waals surface area contributed by atoms with Crippen LogP contribution in [0.5, 0.6) is 0 Å². The summed E-state index contributed by atoms with van der Waals surface area (Å²) < 4.78 is 26.7. The number of hydrogen-bond donors (Lipinski definition) is 1. The fourth-order valence-corrected chi connectivity index (χ4v) is 1.54. The molecule has 1 N–H and O–H groups in total. The molecular formula is C15H12F2N2O. The predicted octanol–water partition coefficient (Wildman–Crippen LogP) is 3.32. The number of hydrogen-bond acceptors (Lipinski definition) is 2. The van der Waals surface area contributed by atoms with Gasteiger partial charge in [-0.1, -0.05) is 12.1 Å². The molecule has 0 aliphatic heterocycles. The minimum absolute atomic E-state index is 0.250. The number of nitrogens with one attached hydrogen (secondary N) is 1. The number of aromatic nitrogens is 1. The lowest BCUT2D eigenvalue weighted by atomic mass is 10.2. The van der Waals surface area contributed by atoms with Crippen LogP contribution in [0.3, 0.4) is 0 Å². The third kappa shape index (κ3) is 3.47. The van der Waals surface area contributed by atoms with Crippen molar-refractivity contribution in [3.05, 3.63) is 65.4 Å². The molecule has 20 heavy (non-hydrogen) atoms. The first kappa shape index (κ1) is 13.9. The van der Waals surface area contributed by atoms with Crippen LogP contribution in [0.25, 0.3) is 6.08 Å². The van der Waals surface area contributed by atoms with Crippen LogP contribution >= 0.6 is 0 Å². The molecule has 0 atom stereocenters. The van der Waals surface area contributed by atoms with Gasteiger partial charge in [-0.25, -0.2) is 13.8 Å². The molecule has 0 aliphatic carbocycles. The third-order valence-electron chi connectivity index (χ3n) is 2.56. The molecule has 0 radical (unpaired) electrons. The zero-order valence-corrected chi connectivity index (χ0v) is 10.7. The summed E-state index contributed by atoms with van der Waals surface area (Å²) in [5.41, 5.74) is 0.714. The molecule has 0 saturated carbocycles. The molecule has 0 aliphatic rings. The van der Waals surface area contributed by atoms with E-state index in [1.807, 2.05) is 6.92 Å². The third-order valence-corrected chi connectivity index (χ3v) is 2.56. The molecule has 1 amide bonds. The van der Waals surface area contributed by atoms with Crippen LogP contribution < -0.4 is 5.32 Å². The quantitative estimate of drug-likeness (QED) is 0.872. The molecule has 0 saturated heterocycles. The van der Waals surface area contributed by atoms with Crippen molar-refractivity contribution >= 4 is 17.8 Å². The normalized spacial score (nSPS) is 10.8. The van der Waals surface area contributed by atoms with Gasteiger partial charge in [0.2, 0.25) is 5.91 Å². The van der Waals surface area contributed by atoms with E-state index in [9.17, 15) is 13.6 Å². The van der Waals surface area contributed by atoms with Crippen molar-refractivity contribution in [2.24, 2.45) is 0 Å². The van der Waals surface area contributed by atoms with Crippen LogP contribution in [-0.4, -0.2) is 10.9 Å². The van der Waals surface area contributed by atoms with Gasteiger partial charge in [0.1, 0.15) is 17.5 Å². The fraction of sp³-hybridized carbons (Fsp3) is 0.0667. The largest absolute Gasteiger partial charge is 0.307 e. The Morgan fingerprint density at radius 3 is 2.50 bits per heavy atom. The van der Waals surface area contributed by atoms with Gasteiger partial charge in [-0.15, -0.1) is 0 Å². The Bertz CT molecular complexity index is 631. The van der Waals surface area contributed by atoms with Crippen molar-refractivity contribution in [1.29, 1.82) is 0 Å². The number of anilines is 1. The SMILES string of the molecule is Cc1ccc(NC(=O)/C=C/c2c(F)cccc2F)nc1. The molecule has 2 rings (SSSR count). The number of rotatable bonds is 3. The highest BCUT2D eigenvalue weighted by molar-refractivity contribution is 6.01. The van der Waals surface area contributed by atoms with Gasteiger partial charge in [0, 0.05) is 17.8 Å². The lowest BCUT2D eigenvalue weighted by Crippen LogP contribution is -2.09. The summed E-state index contributed by atoms with van der Waals surface area (Å²) in [6.07, 6.45) is 3.76. The Hall–Kier alpha value is -2.56. The first-order valence-corrected chi connectivity index (χ1v) is 5.92. The maximum atomic E-state index is 13.3. The maximum absolute atomic E-state index is 13.3. The van der Waals surface area contributed by atoms with Crippen LogP contribution in [0.2, 0.25) is 0 Å². The van der Waals surface area contributed by atoms with Crippen molar-refractivity contribution in [3.63, 3.8) is 0 Å². The number of amides is 1. The summed E-state index contributed by atoms with van der Waals surface area (Å²) in [6.45, 7) is 1.87. The molecule has 102 valence electrons. The fourth-order valence-electron chi connectivity index (χ4n) is 1.54. The Morgan fingerprint density at radius 1 is 1.20 bits per heavy atom. The van der Waals surface area contributed by atoms with Gasteiger partial charge in [-0.05, 0) is 36.8 Å². The number of nitrogens with zero attached hydrogens (tertiary/aromatic N) is 1. The van der Waals surface area contributed by atoms with Crippen LogP contribution in [0, 0.1) is 18.6 Å². The van der Waals surface area contributed by atoms with Crippen molar-refractivity contribution in [2.75, 3.05) is 5.32 Å². The van der Waals surface area contributed by atoms with Crippen LogP contribution in [0.4, 0.5) is 14.6 Å². The minimum atomic E-state index is -0.720. The van der Waals surface area contributed by atoms with Gasteiger partial charge < -0.3 is 5.32 Å². The van der Waals surface area contributed by atoms with Crippen LogP contribution in [0.15, 0.2) is 42.6 Å². The standard InChI is InChI=1S/C15H12F2N2O/c1-10-5-7-14(18-9-10)19-15(20)8-6-11-12(16)3-2-4-13(11)17/h2-9H,1H3,(H,18,19,20)/b8-6+. The number of pyridine rings is 1. The Kier molecular flexibility index (Phi) is 4.20. The Balaban J connectivity index is 2.08. The van der Waals surface area contributed by atoms with E-state index in [4.69, 9.17) is 0 Å². The molecule has 0 fully saturated rings. The number of halogens is 2. The topological polar surface area (TPSA) is 42.0 Å². The second-order valence-corrected chi connectivity index (χ2v) is 4.18. The summed E-state index contributed by atoms with van der Waals surface area (Å²) in [5, 5.41) is 2.50. The molecule has 1 aromatic heterocycles. The van der Waals surface area contributed by atoms with E-state index >= 15 is 0 Å². The zero-order valence-electron chi connectivity index (χ0n) is 10.7. The smallest absolute Gasteiger partial charge is 0.249 e. The average molecular weight is 274 g/mol. The van der Waals surface area contributed by atoms with Gasteiger partial charge in [0.25, 0.3) is 0 Å². The first-order valence-electron chi connectivity index (χ1n) is 5.92. The van der Waals surface area contributed by atoms with Crippen molar-refractivity contribution in [2.45, 2.75) is 6.92 Å². The Labute approximate surface area is 115 Å². The second-order valence-electron chi connectivity index (χ2n) is 4.18. The van der Waals surface area contributed by atoms with Gasteiger partial charge in [0.05, 0.1) is 0 Å². The van der Waals surface area contributed by atoms with Crippen LogP contribution in [-0.2, 0) is 4.79 Å². The number of aryl methyl sites for hydroxylation is 1. The summed E-state index contributed by atoms with van der Waals surface area (Å²) in [6, 6.07) is 6.95. The van der Waals surface area contributed by atoms with E-state index in [0.29, 0.717) is 5.82 Å². The van der Waals surface area contributed by atoms with Gasteiger partial charge in [0.15, 0.2) is 0 Å². The molecule has 5 heteroatoms. The minimum Gasteiger partial charge on any atom is -0.307 e. The van der Waals surface area contributed by atoms with E-state index in [-0.39, 0.29) is 5.56 Å². The highest BCUT2D eigenvalue weighted by Crippen LogP contribution is 2.13. The number of carbonyl (C=O) groups excluding carboxylic acids is 1. The lowest BCUT2D eigenvalue weighted by Gasteiger charge is -2.01. The van der Waals surface area contributed by atoms with E-state index in [1.54, 1.807) is 18.3 Å². The number of carbonyl (C=O) groups is 1. The summed E-state index contributed by atoms with van der Waals surface area (Å²) in [4.78, 5) is 15.6. The summed E-state index contributed by atoms with van der Waals surface area (Å²) in [7, 11) is 0. The molecule has 0 bridgehead atoms. The second kappa shape index (κ2) is 6.06. The van der Waals surface area contributed by atoms with E-state index < -0.39 is 17.5 Å². The summed E-state index contributed by atoms with van der Waals surface area (Å²) in [5.74, 6) is -1.58. The molecule has 3 nitrogen and oxygen atoms in total. The van der Waals surface area contributed by atoms with Crippen molar-refractivity contribution < 1.29 is 13.6 Å². The molecule has 1 aromatic carbocycles. The summed E-state index contributed by atoms with van der Waals surface area (Å²) >= 11 is 0. The lowest BCUT2D eigenvalue weighted by molar-refractivity contribution is -0.111. The first-order chi connectivity index (χ1) is 9.56. The number of benzene rings is 1. The highest BCUT2D eigenvalue weighted by Gasteiger charge is 2.05. The predicted molar refractivity (Wildman–Crippen MR) is 73.0 cm³/mol.